The van der Waals surface area contributed by atoms with E-state index in [-0.39, 0.29) is 16.9 Å². The molecule has 1 saturated carbocycles. The Hall–Kier alpha value is -3.71. The molecule has 0 aromatic heterocycles. The van der Waals surface area contributed by atoms with E-state index in [2.05, 4.69) is 10.6 Å². The third-order valence-corrected chi connectivity index (χ3v) is 7.81. The van der Waals surface area contributed by atoms with Crippen LogP contribution in [0, 0.1) is 6.92 Å². The molecule has 4 rings (SSSR count). The molecule has 1 spiro atoms. The van der Waals surface area contributed by atoms with Crippen LogP contribution in [0.5, 0.6) is 5.75 Å². The number of aliphatic hydroxyl groups is 3. The summed E-state index contributed by atoms with van der Waals surface area (Å²) in [5.41, 5.74) is 1.13. The van der Waals surface area contributed by atoms with Crippen LogP contribution in [0.3, 0.4) is 0 Å². The number of anilines is 1. The van der Waals surface area contributed by atoms with Gasteiger partial charge in [-0.15, -0.1) is 0 Å². The summed E-state index contributed by atoms with van der Waals surface area (Å²) < 4.78 is 10.7. The molecule has 2 aromatic carbocycles. The van der Waals surface area contributed by atoms with Crippen LogP contribution in [0.15, 0.2) is 42.5 Å². The molecular formula is C26H31N3O9. The number of phenolic OH excluding ortho intramolecular Hbond substituents is 1. The normalized spacial score (nSPS) is 32.1. The van der Waals surface area contributed by atoms with Gasteiger partial charge in [0.25, 0.3) is 0 Å². The highest BCUT2D eigenvalue weighted by Crippen LogP contribution is 2.51. The number of aryl methyl sites for hydroxylation is 1. The van der Waals surface area contributed by atoms with Gasteiger partial charge in [0.2, 0.25) is 0 Å². The number of ether oxygens (including phenoxy) is 2. The van der Waals surface area contributed by atoms with E-state index in [0.717, 1.165) is 0 Å². The number of phenols is 1. The van der Waals surface area contributed by atoms with Crippen LogP contribution in [0.25, 0.3) is 0 Å². The summed E-state index contributed by atoms with van der Waals surface area (Å²) in [6.07, 6.45) is -1.86. The Labute approximate surface area is 218 Å². The molecule has 8 N–H and O–H groups in total. The van der Waals surface area contributed by atoms with Crippen LogP contribution in [0.2, 0.25) is 0 Å². The summed E-state index contributed by atoms with van der Waals surface area (Å²) in [6.45, 7) is 2.85. The van der Waals surface area contributed by atoms with Crippen LogP contribution in [-0.2, 0) is 9.47 Å². The SMILES string of the molecule is Cc1cccc(O)c1C(=O)OC[C@@]1(O)[C@@H](Nc2cccc(C(=O)CO)c2)[C@H](N)[C@]2(NC(=O)O[C@H]2C)[C@@]1(C)O. The molecule has 204 valence electrons. The third kappa shape index (κ3) is 3.97. The summed E-state index contributed by atoms with van der Waals surface area (Å²) in [4.78, 5) is 37.2. The van der Waals surface area contributed by atoms with Crippen molar-refractivity contribution in [1.82, 2.24) is 5.32 Å². The number of nitrogens with one attached hydrogen (secondary N) is 2. The Bertz CT molecular complexity index is 1260. The number of ketones is 1. The lowest BCUT2D eigenvalue weighted by Crippen LogP contribution is -2.72. The topological polar surface area (TPSA) is 201 Å². The van der Waals surface area contributed by atoms with Crippen molar-refractivity contribution >= 4 is 23.5 Å². The van der Waals surface area contributed by atoms with Crippen LogP contribution >= 0.6 is 0 Å². The van der Waals surface area contributed by atoms with Gasteiger partial charge in [0.15, 0.2) is 11.4 Å². The Morgan fingerprint density at radius 2 is 1.89 bits per heavy atom. The molecule has 2 aromatic rings. The second kappa shape index (κ2) is 9.55. The zero-order chi connectivity index (χ0) is 28.0. The molecule has 0 bridgehead atoms. The number of cyclic esters (lactones) is 1. The fourth-order valence-corrected chi connectivity index (χ4v) is 5.63. The zero-order valence-electron chi connectivity index (χ0n) is 21.1. The maximum atomic E-state index is 12.9. The van der Waals surface area contributed by atoms with E-state index < -0.39 is 66.0 Å². The number of alkyl carbamates (subject to hydrolysis) is 1. The van der Waals surface area contributed by atoms with Gasteiger partial charge in [-0.2, -0.15) is 0 Å². The van der Waals surface area contributed by atoms with Gasteiger partial charge in [-0.3, -0.25) is 4.79 Å². The van der Waals surface area contributed by atoms with Gasteiger partial charge in [-0.05, 0) is 44.5 Å². The van der Waals surface area contributed by atoms with Crippen molar-refractivity contribution in [3.63, 3.8) is 0 Å². The van der Waals surface area contributed by atoms with E-state index in [1.54, 1.807) is 31.2 Å². The molecule has 6 atom stereocenters. The zero-order valence-corrected chi connectivity index (χ0v) is 21.1. The van der Waals surface area contributed by atoms with Gasteiger partial charge in [0.05, 0.1) is 12.1 Å². The Morgan fingerprint density at radius 3 is 2.50 bits per heavy atom. The van der Waals surface area contributed by atoms with E-state index in [1.165, 1.54) is 32.0 Å². The lowest BCUT2D eigenvalue weighted by atomic mass is 9.74. The third-order valence-electron chi connectivity index (χ3n) is 7.81. The van der Waals surface area contributed by atoms with Gasteiger partial charge < -0.3 is 46.3 Å². The minimum absolute atomic E-state index is 0.113. The van der Waals surface area contributed by atoms with Crippen molar-refractivity contribution in [2.24, 2.45) is 5.73 Å². The summed E-state index contributed by atoms with van der Waals surface area (Å²) in [5.74, 6) is -1.81. The summed E-state index contributed by atoms with van der Waals surface area (Å²) in [6, 6.07) is 8.04. The highest BCUT2D eigenvalue weighted by molar-refractivity contribution is 5.97. The molecule has 0 unspecified atom stereocenters. The molecule has 0 radical (unpaired) electrons. The molecule has 1 aliphatic carbocycles. The number of hydrogen-bond donors (Lipinski definition) is 7. The molecule has 38 heavy (non-hydrogen) atoms. The second-order valence-electron chi connectivity index (χ2n) is 9.89. The number of carbonyl (C=O) groups is 3. The molecule has 12 heteroatoms. The molecular weight excluding hydrogens is 498 g/mol. The van der Waals surface area contributed by atoms with E-state index in [0.29, 0.717) is 11.3 Å². The van der Waals surface area contributed by atoms with Gasteiger partial charge in [-0.25, -0.2) is 9.59 Å². The van der Waals surface area contributed by atoms with E-state index in [4.69, 9.17) is 15.2 Å². The molecule has 1 aliphatic heterocycles. The highest BCUT2D eigenvalue weighted by Gasteiger charge is 2.78. The Balaban J connectivity index is 1.74. The number of rotatable bonds is 7. The lowest BCUT2D eigenvalue weighted by molar-refractivity contribution is -0.177. The van der Waals surface area contributed by atoms with Crippen LogP contribution in [0.4, 0.5) is 10.5 Å². The Kier molecular flexibility index (Phi) is 6.87. The smallest absolute Gasteiger partial charge is 0.408 e. The van der Waals surface area contributed by atoms with Crippen molar-refractivity contribution < 1.29 is 44.3 Å². The van der Waals surface area contributed by atoms with E-state index in [9.17, 15) is 34.8 Å². The molecule has 1 heterocycles. The first-order valence-electron chi connectivity index (χ1n) is 12.0. The number of hydrogen-bond acceptors (Lipinski definition) is 11. The molecule has 2 aliphatic rings. The van der Waals surface area contributed by atoms with Crippen molar-refractivity contribution in [3.05, 3.63) is 59.2 Å². The number of benzene rings is 2. The van der Waals surface area contributed by atoms with Crippen LogP contribution < -0.4 is 16.4 Å². The number of aromatic hydroxyl groups is 1. The maximum Gasteiger partial charge on any atom is 0.408 e. The number of amides is 1. The van der Waals surface area contributed by atoms with Crippen LogP contribution in [0.1, 0.15) is 40.1 Å². The summed E-state index contributed by atoms with van der Waals surface area (Å²) in [7, 11) is 0. The van der Waals surface area contributed by atoms with Gasteiger partial charge >= 0.3 is 12.1 Å². The van der Waals surface area contributed by atoms with Gasteiger partial charge in [0, 0.05) is 11.3 Å². The fourth-order valence-electron chi connectivity index (χ4n) is 5.63. The number of nitrogens with two attached hydrogens (primary N) is 1. The van der Waals surface area contributed by atoms with Crippen molar-refractivity contribution in [1.29, 1.82) is 0 Å². The molecule has 2 fully saturated rings. The maximum absolute atomic E-state index is 12.9. The summed E-state index contributed by atoms with van der Waals surface area (Å²) >= 11 is 0. The predicted octanol–water partition coefficient (Wildman–Crippen LogP) is 0.203. The van der Waals surface area contributed by atoms with Gasteiger partial charge in [0.1, 0.15) is 41.8 Å². The fraction of sp³-hybridized carbons (Fsp3) is 0.423. The standard InChI is InChI=1S/C26H31N3O9/c1-13-6-4-9-17(31)19(13)22(33)37-12-25(36)21(28-16-8-5-7-15(10-16)18(32)11-30)20(27)26(24(25,3)35)14(2)38-23(34)29-26/h4-10,14,20-21,28,30-31,35-36H,11-12,27H2,1-3H3,(H,29,34)/t14-,20-,21-,24-,25+,26-/m0/s1. The Morgan fingerprint density at radius 1 is 1.21 bits per heavy atom. The van der Waals surface area contributed by atoms with Crippen LogP contribution in [-0.4, -0.2) is 86.4 Å². The highest BCUT2D eigenvalue weighted by atomic mass is 16.6. The number of aliphatic hydroxyl groups excluding tert-OH is 1. The first-order valence-corrected chi connectivity index (χ1v) is 12.0. The van der Waals surface area contributed by atoms with E-state index in [1.807, 2.05) is 0 Å². The number of esters is 1. The minimum atomic E-state index is -2.33. The van der Waals surface area contributed by atoms with E-state index >= 15 is 0 Å². The molecule has 1 saturated heterocycles. The quantitative estimate of drug-likeness (QED) is 0.191. The monoisotopic (exact) mass is 529 g/mol. The number of Topliss-reactive ketones (excluding diaryl/α,β-unsaturated/α-hetero) is 1. The van der Waals surface area contributed by atoms with Crippen molar-refractivity contribution in [2.75, 3.05) is 18.5 Å². The first kappa shape index (κ1) is 27.3. The second-order valence-corrected chi connectivity index (χ2v) is 9.89. The molecule has 12 nitrogen and oxygen atoms in total. The average molecular weight is 530 g/mol. The molecule has 1 amide bonds. The largest absolute Gasteiger partial charge is 0.507 e. The average Bonchev–Trinajstić information content (AvgIpc) is 3.24. The predicted molar refractivity (Wildman–Crippen MR) is 134 cm³/mol. The van der Waals surface area contributed by atoms with Gasteiger partial charge in [-0.1, -0.05) is 24.3 Å². The first-order chi connectivity index (χ1) is 17.8. The lowest BCUT2D eigenvalue weighted by Gasteiger charge is -2.44. The van der Waals surface area contributed by atoms with Crippen molar-refractivity contribution in [3.8, 4) is 5.75 Å². The summed E-state index contributed by atoms with van der Waals surface area (Å²) in [5, 5.41) is 48.9. The van der Waals surface area contributed by atoms with Crippen molar-refractivity contribution in [2.45, 2.75) is 55.7 Å². The number of carbonyl (C=O) groups excluding carboxylic acids is 3. The minimum Gasteiger partial charge on any atom is -0.507 e.